The SMILES string of the molecule is CCCc1c(OCCCCOc2ccc(-c3nn[nH]n3)cc2)ccc2c1ccn2Cc1ccccc1C. The maximum atomic E-state index is 6.27. The minimum absolute atomic E-state index is 0.576. The van der Waals surface area contributed by atoms with Crippen molar-refractivity contribution in [2.45, 2.75) is 46.1 Å². The Labute approximate surface area is 217 Å². The number of fused-ring (bicyclic) bond motifs is 1. The molecule has 7 nitrogen and oxygen atoms in total. The minimum Gasteiger partial charge on any atom is -0.494 e. The molecule has 0 saturated carbocycles. The zero-order valence-corrected chi connectivity index (χ0v) is 21.5. The summed E-state index contributed by atoms with van der Waals surface area (Å²) in [5.41, 5.74) is 6.14. The number of ether oxygens (including phenoxy) is 2. The van der Waals surface area contributed by atoms with Gasteiger partial charge in [-0.25, -0.2) is 0 Å². The number of unbranched alkanes of at least 4 members (excludes halogenated alkanes) is 1. The van der Waals surface area contributed by atoms with Gasteiger partial charge in [0.1, 0.15) is 11.5 Å². The topological polar surface area (TPSA) is 77.8 Å². The smallest absolute Gasteiger partial charge is 0.204 e. The third-order valence-corrected chi connectivity index (χ3v) is 6.65. The molecule has 5 aromatic rings. The van der Waals surface area contributed by atoms with Crippen LogP contribution in [0.4, 0.5) is 0 Å². The fourth-order valence-electron chi connectivity index (χ4n) is 4.63. The number of aryl methyl sites for hydroxylation is 2. The van der Waals surface area contributed by atoms with E-state index >= 15 is 0 Å². The Morgan fingerprint density at radius 2 is 1.70 bits per heavy atom. The highest BCUT2D eigenvalue weighted by Gasteiger charge is 2.12. The molecule has 0 amide bonds. The van der Waals surface area contributed by atoms with Gasteiger partial charge in [0.25, 0.3) is 0 Å². The van der Waals surface area contributed by atoms with E-state index in [0.717, 1.165) is 49.3 Å². The van der Waals surface area contributed by atoms with Crippen LogP contribution >= 0.6 is 0 Å². The van der Waals surface area contributed by atoms with Crippen molar-refractivity contribution in [3.63, 3.8) is 0 Å². The molecule has 190 valence electrons. The third-order valence-electron chi connectivity index (χ3n) is 6.65. The van der Waals surface area contributed by atoms with Crippen molar-refractivity contribution in [3.05, 3.63) is 89.6 Å². The lowest BCUT2D eigenvalue weighted by Gasteiger charge is -2.14. The molecule has 2 heterocycles. The molecule has 0 aliphatic carbocycles. The van der Waals surface area contributed by atoms with E-state index < -0.39 is 0 Å². The van der Waals surface area contributed by atoms with Gasteiger partial charge in [0.05, 0.1) is 13.2 Å². The zero-order chi connectivity index (χ0) is 25.5. The molecule has 0 spiro atoms. The molecule has 0 fully saturated rings. The zero-order valence-electron chi connectivity index (χ0n) is 21.5. The summed E-state index contributed by atoms with van der Waals surface area (Å²) in [7, 11) is 0. The Hall–Kier alpha value is -4.13. The first-order valence-electron chi connectivity index (χ1n) is 13.0. The van der Waals surface area contributed by atoms with Gasteiger partial charge < -0.3 is 14.0 Å². The van der Waals surface area contributed by atoms with Gasteiger partial charge in [-0.1, -0.05) is 37.6 Å². The summed E-state index contributed by atoms with van der Waals surface area (Å²) in [4.78, 5) is 0. The molecular weight excluding hydrogens is 462 g/mol. The first-order valence-corrected chi connectivity index (χ1v) is 13.0. The second-order valence-corrected chi connectivity index (χ2v) is 9.26. The van der Waals surface area contributed by atoms with Gasteiger partial charge in [-0.05, 0) is 85.0 Å². The molecule has 0 aliphatic rings. The number of rotatable bonds is 12. The number of aromatic nitrogens is 5. The van der Waals surface area contributed by atoms with Crippen molar-refractivity contribution in [1.29, 1.82) is 0 Å². The van der Waals surface area contributed by atoms with Gasteiger partial charge in [-0.15, -0.1) is 10.2 Å². The Bertz CT molecular complexity index is 1420. The van der Waals surface area contributed by atoms with Crippen molar-refractivity contribution >= 4 is 10.9 Å². The predicted molar refractivity (Wildman–Crippen MR) is 146 cm³/mol. The first-order chi connectivity index (χ1) is 18.2. The molecule has 0 bridgehead atoms. The summed E-state index contributed by atoms with van der Waals surface area (Å²) in [6.07, 6.45) is 6.14. The molecule has 0 saturated heterocycles. The van der Waals surface area contributed by atoms with Crippen molar-refractivity contribution in [2.75, 3.05) is 13.2 Å². The van der Waals surface area contributed by atoms with Gasteiger partial charge in [0.15, 0.2) is 0 Å². The normalized spacial score (nSPS) is 11.2. The molecule has 0 unspecified atom stereocenters. The van der Waals surface area contributed by atoms with Crippen LogP contribution in [0.15, 0.2) is 72.9 Å². The Kier molecular flexibility index (Phi) is 7.79. The fourth-order valence-corrected chi connectivity index (χ4v) is 4.63. The molecule has 0 radical (unpaired) electrons. The molecule has 0 aliphatic heterocycles. The highest BCUT2D eigenvalue weighted by molar-refractivity contribution is 5.86. The summed E-state index contributed by atoms with van der Waals surface area (Å²) in [5, 5.41) is 15.3. The van der Waals surface area contributed by atoms with Crippen LogP contribution in [0.3, 0.4) is 0 Å². The van der Waals surface area contributed by atoms with E-state index in [1.807, 2.05) is 24.3 Å². The maximum absolute atomic E-state index is 6.27. The lowest BCUT2D eigenvalue weighted by Crippen LogP contribution is -2.05. The summed E-state index contributed by atoms with van der Waals surface area (Å²) in [6, 6.07) is 22.9. The lowest BCUT2D eigenvalue weighted by molar-refractivity contribution is 0.265. The quantitative estimate of drug-likeness (QED) is 0.204. The predicted octanol–water partition coefficient (Wildman–Crippen LogP) is 6.37. The van der Waals surface area contributed by atoms with E-state index in [1.165, 1.54) is 27.6 Å². The largest absolute Gasteiger partial charge is 0.494 e. The van der Waals surface area contributed by atoms with Crippen molar-refractivity contribution in [2.24, 2.45) is 0 Å². The molecule has 5 rings (SSSR count). The summed E-state index contributed by atoms with van der Waals surface area (Å²) in [5.74, 6) is 2.41. The Balaban J connectivity index is 1.15. The Morgan fingerprint density at radius 3 is 2.46 bits per heavy atom. The highest BCUT2D eigenvalue weighted by Crippen LogP contribution is 2.31. The van der Waals surface area contributed by atoms with E-state index in [-0.39, 0.29) is 0 Å². The van der Waals surface area contributed by atoms with Crippen LogP contribution in [-0.2, 0) is 13.0 Å². The molecule has 2 aromatic heterocycles. The van der Waals surface area contributed by atoms with Gasteiger partial charge in [0.2, 0.25) is 5.82 Å². The van der Waals surface area contributed by atoms with Crippen LogP contribution in [0.5, 0.6) is 11.5 Å². The number of nitrogens with one attached hydrogen (secondary N) is 1. The van der Waals surface area contributed by atoms with Crippen molar-refractivity contribution < 1.29 is 9.47 Å². The van der Waals surface area contributed by atoms with E-state index in [9.17, 15) is 0 Å². The van der Waals surface area contributed by atoms with Crippen LogP contribution in [-0.4, -0.2) is 38.4 Å². The number of H-pyrrole nitrogens is 1. The number of aromatic amines is 1. The van der Waals surface area contributed by atoms with Crippen LogP contribution in [0.1, 0.15) is 42.9 Å². The van der Waals surface area contributed by atoms with Crippen LogP contribution in [0, 0.1) is 6.92 Å². The lowest BCUT2D eigenvalue weighted by atomic mass is 10.0. The molecule has 37 heavy (non-hydrogen) atoms. The summed E-state index contributed by atoms with van der Waals surface area (Å²) in [6.45, 7) is 6.59. The van der Waals surface area contributed by atoms with Gasteiger partial charge in [0, 0.05) is 34.8 Å². The van der Waals surface area contributed by atoms with E-state index in [0.29, 0.717) is 19.0 Å². The second kappa shape index (κ2) is 11.7. The van der Waals surface area contributed by atoms with E-state index in [2.05, 4.69) is 87.7 Å². The minimum atomic E-state index is 0.576. The highest BCUT2D eigenvalue weighted by atomic mass is 16.5. The summed E-state index contributed by atoms with van der Waals surface area (Å²) < 4.78 is 14.5. The van der Waals surface area contributed by atoms with Crippen molar-refractivity contribution in [1.82, 2.24) is 25.2 Å². The Morgan fingerprint density at radius 1 is 0.892 bits per heavy atom. The fraction of sp³-hybridized carbons (Fsp3) is 0.300. The molecular formula is C30H33N5O2. The number of hydrogen-bond donors (Lipinski definition) is 1. The number of benzene rings is 3. The number of tetrazole rings is 1. The monoisotopic (exact) mass is 495 g/mol. The average molecular weight is 496 g/mol. The van der Waals surface area contributed by atoms with Gasteiger partial charge >= 0.3 is 0 Å². The third kappa shape index (κ3) is 5.82. The van der Waals surface area contributed by atoms with Crippen LogP contribution in [0.25, 0.3) is 22.3 Å². The standard InChI is InChI=1S/C30H33N5O2/c1-3-8-27-26-17-18-35(21-24-10-5-4-9-22(24)2)28(26)15-16-29(27)37-20-7-6-19-36-25-13-11-23(12-14-25)30-31-33-34-32-30/h4-5,9-18H,3,6-8,19-21H2,1-2H3,(H,31,32,33,34). The number of nitrogens with zero attached hydrogens (tertiary/aromatic N) is 4. The molecule has 7 heteroatoms. The van der Waals surface area contributed by atoms with E-state index in [1.54, 1.807) is 0 Å². The molecule has 3 aromatic carbocycles. The van der Waals surface area contributed by atoms with Crippen LogP contribution < -0.4 is 9.47 Å². The molecule has 1 N–H and O–H groups in total. The maximum Gasteiger partial charge on any atom is 0.204 e. The average Bonchev–Trinajstić information content (AvgIpc) is 3.60. The van der Waals surface area contributed by atoms with Crippen molar-refractivity contribution in [3.8, 4) is 22.9 Å². The van der Waals surface area contributed by atoms with Gasteiger partial charge in [-0.3, -0.25) is 0 Å². The van der Waals surface area contributed by atoms with E-state index in [4.69, 9.17) is 9.47 Å². The second-order valence-electron chi connectivity index (χ2n) is 9.26. The molecule has 0 atom stereocenters. The number of hydrogen-bond acceptors (Lipinski definition) is 5. The summed E-state index contributed by atoms with van der Waals surface area (Å²) >= 11 is 0. The van der Waals surface area contributed by atoms with Gasteiger partial charge in [-0.2, -0.15) is 5.21 Å². The first kappa shape index (κ1) is 24.6. The van der Waals surface area contributed by atoms with Crippen LogP contribution in [0.2, 0.25) is 0 Å².